The summed E-state index contributed by atoms with van der Waals surface area (Å²) in [6.45, 7) is 0.0983. The molecule has 2 aromatic carbocycles. The van der Waals surface area contributed by atoms with Gasteiger partial charge in [0.25, 0.3) is 0 Å². The Kier molecular flexibility index (Phi) is 5.07. The average Bonchev–Trinajstić information content (AvgIpc) is 2.61. The zero-order valence-corrected chi connectivity index (χ0v) is 14.5. The van der Waals surface area contributed by atoms with Crippen molar-refractivity contribution in [2.45, 2.75) is 29.8 Å². The maximum atomic E-state index is 13.8. The highest BCUT2D eigenvalue weighted by atomic mass is 32.2. The molecule has 1 aliphatic rings. The zero-order valence-electron chi connectivity index (χ0n) is 13.7. The van der Waals surface area contributed by atoms with Gasteiger partial charge in [-0.3, -0.25) is 0 Å². The summed E-state index contributed by atoms with van der Waals surface area (Å²) in [5.74, 6) is -1.23. The summed E-state index contributed by atoms with van der Waals surface area (Å²) in [5.41, 5.74) is -0.502. The summed E-state index contributed by atoms with van der Waals surface area (Å²) in [6.07, 6.45) is -3.95. The van der Waals surface area contributed by atoms with Crippen molar-refractivity contribution in [2.75, 3.05) is 13.1 Å². The van der Waals surface area contributed by atoms with E-state index in [0.29, 0.717) is 0 Å². The van der Waals surface area contributed by atoms with Crippen molar-refractivity contribution in [3.8, 4) is 0 Å². The first-order chi connectivity index (χ1) is 12.2. The standard InChI is InChI=1S/C18H17F4NO2S/c19-16-7-3-4-8-17(16)26(24,25)23-11-9-13(10-12-23)14-5-1-2-6-15(14)18(20,21)22/h1-8,13H,9-12H2. The van der Waals surface area contributed by atoms with Gasteiger partial charge in [0.15, 0.2) is 0 Å². The van der Waals surface area contributed by atoms with E-state index >= 15 is 0 Å². The van der Waals surface area contributed by atoms with E-state index in [4.69, 9.17) is 0 Å². The summed E-state index contributed by atoms with van der Waals surface area (Å²) < 4.78 is 79.7. The van der Waals surface area contributed by atoms with Crippen molar-refractivity contribution in [3.63, 3.8) is 0 Å². The van der Waals surface area contributed by atoms with Gasteiger partial charge in [-0.25, -0.2) is 12.8 Å². The Bertz CT molecular complexity index is 888. The average molecular weight is 387 g/mol. The van der Waals surface area contributed by atoms with Crippen LogP contribution in [0.1, 0.15) is 29.9 Å². The lowest BCUT2D eigenvalue weighted by Crippen LogP contribution is -2.38. The smallest absolute Gasteiger partial charge is 0.207 e. The van der Waals surface area contributed by atoms with E-state index < -0.39 is 32.5 Å². The molecule has 0 atom stereocenters. The lowest BCUT2D eigenvalue weighted by molar-refractivity contribution is -0.138. The van der Waals surface area contributed by atoms with Crippen molar-refractivity contribution >= 4 is 10.0 Å². The minimum atomic E-state index is -4.45. The Morgan fingerprint density at radius 3 is 2.12 bits per heavy atom. The van der Waals surface area contributed by atoms with Gasteiger partial charge in [-0.05, 0) is 42.5 Å². The van der Waals surface area contributed by atoms with Gasteiger partial charge < -0.3 is 0 Å². The molecule has 0 aliphatic carbocycles. The molecule has 3 nitrogen and oxygen atoms in total. The second-order valence-corrected chi connectivity index (χ2v) is 8.10. The highest BCUT2D eigenvalue weighted by Gasteiger charge is 2.37. The molecule has 1 fully saturated rings. The van der Waals surface area contributed by atoms with Gasteiger partial charge in [0.2, 0.25) is 10.0 Å². The van der Waals surface area contributed by atoms with E-state index in [-0.39, 0.29) is 37.4 Å². The van der Waals surface area contributed by atoms with Gasteiger partial charge in [-0.2, -0.15) is 17.5 Å². The van der Waals surface area contributed by atoms with Crippen LogP contribution in [0, 0.1) is 5.82 Å². The van der Waals surface area contributed by atoms with Crippen LogP contribution in [-0.2, 0) is 16.2 Å². The van der Waals surface area contributed by atoms with E-state index in [1.165, 1.54) is 30.3 Å². The predicted molar refractivity (Wildman–Crippen MR) is 88.6 cm³/mol. The Labute approximate surface area is 149 Å². The van der Waals surface area contributed by atoms with Crippen molar-refractivity contribution < 1.29 is 26.0 Å². The maximum Gasteiger partial charge on any atom is 0.416 e. The maximum absolute atomic E-state index is 13.8. The number of rotatable bonds is 3. The van der Waals surface area contributed by atoms with Gasteiger partial charge in [0, 0.05) is 13.1 Å². The second kappa shape index (κ2) is 7.00. The molecule has 1 aliphatic heterocycles. The molecule has 0 amide bonds. The van der Waals surface area contributed by atoms with E-state index in [9.17, 15) is 26.0 Å². The molecule has 1 heterocycles. The van der Waals surface area contributed by atoms with Crippen LogP contribution in [0.2, 0.25) is 0 Å². The summed E-state index contributed by atoms with van der Waals surface area (Å²) in [4.78, 5) is -0.408. The normalized spacial score (nSPS) is 17.4. The molecule has 1 saturated heterocycles. The molecule has 0 radical (unpaired) electrons. The molecule has 0 spiro atoms. The topological polar surface area (TPSA) is 37.4 Å². The van der Waals surface area contributed by atoms with Crippen LogP contribution in [0.15, 0.2) is 53.4 Å². The third-order valence-corrected chi connectivity index (χ3v) is 6.55. The summed E-state index contributed by atoms with van der Waals surface area (Å²) in [5, 5.41) is 0. The van der Waals surface area contributed by atoms with Gasteiger partial charge in [-0.1, -0.05) is 30.3 Å². The first kappa shape index (κ1) is 18.8. The number of hydrogen-bond donors (Lipinski definition) is 0. The molecule has 3 rings (SSSR count). The van der Waals surface area contributed by atoms with Crippen LogP contribution in [0.4, 0.5) is 17.6 Å². The van der Waals surface area contributed by atoms with Gasteiger partial charge in [0.05, 0.1) is 5.56 Å². The highest BCUT2D eigenvalue weighted by Crippen LogP contribution is 2.39. The zero-order chi connectivity index (χ0) is 18.9. The summed E-state index contributed by atoms with van der Waals surface area (Å²) >= 11 is 0. The van der Waals surface area contributed by atoms with Crippen LogP contribution >= 0.6 is 0 Å². The van der Waals surface area contributed by atoms with Crippen LogP contribution < -0.4 is 0 Å². The number of sulfonamides is 1. The summed E-state index contributed by atoms with van der Waals surface area (Å²) in [7, 11) is -4.00. The number of hydrogen-bond acceptors (Lipinski definition) is 2. The largest absolute Gasteiger partial charge is 0.416 e. The fourth-order valence-electron chi connectivity index (χ4n) is 3.31. The lowest BCUT2D eigenvalue weighted by Gasteiger charge is -2.32. The van der Waals surface area contributed by atoms with Crippen molar-refractivity contribution in [3.05, 3.63) is 65.5 Å². The monoisotopic (exact) mass is 387 g/mol. The Morgan fingerprint density at radius 2 is 1.50 bits per heavy atom. The van der Waals surface area contributed by atoms with Crippen LogP contribution in [0.3, 0.4) is 0 Å². The Balaban J connectivity index is 1.80. The van der Waals surface area contributed by atoms with E-state index in [0.717, 1.165) is 16.4 Å². The number of piperidine rings is 1. The van der Waals surface area contributed by atoms with Crippen molar-refractivity contribution in [1.29, 1.82) is 0 Å². The third-order valence-electron chi connectivity index (χ3n) is 4.61. The molecule has 0 saturated carbocycles. The molecule has 2 aromatic rings. The van der Waals surface area contributed by atoms with Crippen LogP contribution in [0.5, 0.6) is 0 Å². The molecule has 26 heavy (non-hydrogen) atoms. The minimum Gasteiger partial charge on any atom is -0.207 e. The van der Waals surface area contributed by atoms with Crippen molar-refractivity contribution in [2.24, 2.45) is 0 Å². The van der Waals surface area contributed by atoms with E-state index in [1.807, 2.05) is 0 Å². The summed E-state index contributed by atoms with van der Waals surface area (Å²) in [6, 6.07) is 10.5. The van der Waals surface area contributed by atoms with E-state index in [2.05, 4.69) is 0 Å². The number of benzene rings is 2. The molecule has 0 unspecified atom stereocenters. The molecule has 8 heteroatoms. The number of nitrogens with zero attached hydrogens (tertiary/aromatic N) is 1. The highest BCUT2D eigenvalue weighted by molar-refractivity contribution is 7.89. The first-order valence-electron chi connectivity index (χ1n) is 8.12. The van der Waals surface area contributed by atoms with Gasteiger partial charge >= 0.3 is 6.18 Å². The van der Waals surface area contributed by atoms with Crippen LogP contribution in [0.25, 0.3) is 0 Å². The fourth-order valence-corrected chi connectivity index (χ4v) is 4.85. The number of halogens is 4. The quantitative estimate of drug-likeness (QED) is 0.732. The van der Waals surface area contributed by atoms with Crippen LogP contribution in [-0.4, -0.2) is 25.8 Å². The Morgan fingerprint density at radius 1 is 0.923 bits per heavy atom. The number of alkyl halides is 3. The molecule has 0 aromatic heterocycles. The third kappa shape index (κ3) is 3.61. The SMILES string of the molecule is O=S(=O)(c1ccccc1F)N1CCC(c2ccccc2C(F)(F)F)CC1. The van der Waals surface area contributed by atoms with E-state index in [1.54, 1.807) is 6.07 Å². The molecular formula is C18H17F4NO2S. The Hall–Kier alpha value is -1.93. The molecule has 0 N–H and O–H groups in total. The van der Waals surface area contributed by atoms with Gasteiger partial charge in [-0.15, -0.1) is 0 Å². The first-order valence-corrected chi connectivity index (χ1v) is 9.56. The van der Waals surface area contributed by atoms with Crippen molar-refractivity contribution in [1.82, 2.24) is 4.31 Å². The lowest BCUT2D eigenvalue weighted by atomic mass is 9.87. The fraction of sp³-hybridized carbons (Fsp3) is 0.333. The van der Waals surface area contributed by atoms with Gasteiger partial charge in [0.1, 0.15) is 10.7 Å². The minimum absolute atomic E-state index is 0.0491. The molecule has 0 bridgehead atoms. The molecule has 140 valence electrons. The predicted octanol–water partition coefficient (Wildman–Crippen LogP) is 4.41. The molecular weight excluding hydrogens is 370 g/mol. The second-order valence-electron chi connectivity index (χ2n) is 6.19.